The minimum atomic E-state index is -0.578. The van der Waals surface area contributed by atoms with Crippen LogP contribution in [0.15, 0.2) is 30.4 Å². The third-order valence-corrected chi connectivity index (χ3v) is 2.92. The molecule has 0 heterocycles. The number of fused-ring (bicyclic) bond motifs is 1. The molecule has 0 unspecified atom stereocenters. The molecular weight excluding hydrogens is 282 g/mol. The van der Waals surface area contributed by atoms with Crippen molar-refractivity contribution in [2.24, 2.45) is 0 Å². The molecule has 0 fully saturated rings. The van der Waals surface area contributed by atoms with Gasteiger partial charge in [0.15, 0.2) is 11.6 Å². The Hall–Kier alpha value is -2.14. The van der Waals surface area contributed by atoms with Gasteiger partial charge in [0.05, 0.1) is 0 Å². The number of carbonyl (C=O) groups excluding carboxylic acids is 3. The number of allylic oxidation sites excluding steroid dienone is 2. The number of alkyl carbamates (subject to hydrolysis) is 1. The van der Waals surface area contributed by atoms with Crippen LogP contribution in [0.25, 0.3) is 0 Å². The van der Waals surface area contributed by atoms with Crippen LogP contribution in [0.3, 0.4) is 0 Å². The Bertz CT molecular complexity index is 595. The molecule has 1 N–H and O–H groups in total. The van der Waals surface area contributed by atoms with Crippen molar-refractivity contribution in [1.29, 1.82) is 0 Å². The molecule has 0 atom stereocenters. The van der Waals surface area contributed by atoms with Gasteiger partial charge in [0, 0.05) is 23.6 Å². The van der Waals surface area contributed by atoms with E-state index in [0.717, 1.165) is 0 Å². The molecule has 5 nitrogen and oxygen atoms in total. The van der Waals surface area contributed by atoms with Crippen molar-refractivity contribution in [3.05, 3.63) is 47.0 Å². The summed E-state index contributed by atoms with van der Waals surface area (Å²) in [4.78, 5) is 34.5. The molecule has 6 heteroatoms. The summed E-state index contributed by atoms with van der Waals surface area (Å²) >= 11 is 5.43. The van der Waals surface area contributed by atoms with E-state index in [9.17, 15) is 14.4 Å². The van der Waals surface area contributed by atoms with Gasteiger partial charge in [-0.2, -0.15) is 0 Å². The molecule has 0 aromatic heterocycles. The van der Waals surface area contributed by atoms with E-state index in [1.807, 2.05) is 0 Å². The summed E-state index contributed by atoms with van der Waals surface area (Å²) in [5.41, 5.74) is 1.34. The van der Waals surface area contributed by atoms with E-state index in [1.54, 1.807) is 18.2 Å². The van der Waals surface area contributed by atoms with Crippen molar-refractivity contribution in [1.82, 2.24) is 5.32 Å². The molecule has 1 aliphatic rings. The van der Waals surface area contributed by atoms with Gasteiger partial charge >= 0.3 is 6.09 Å². The van der Waals surface area contributed by atoms with Gasteiger partial charge in [0.25, 0.3) is 0 Å². The van der Waals surface area contributed by atoms with E-state index < -0.39 is 6.09 Å². The van der Waals surface area contributed by atoms with Crippen molar-refractivity contribution in [3.63, 3.8) is 0 Å². The highest BCUT2D eigenvalue weighted by Crippen LogP contribution is 2.19. The lowest BCUT2D eigenvalue weighted by atomic mass is 9.93. The van der Waals surface area contributed by atoms with E-state index >= 15 is 0 Å². The first-order valence-electron chi connectivity index (χ1n) is 5.98. The first-order valence-corrected chi connectivity index (χ1v) is 6.51. The number of amides is 1. The van der Waals surface area contributed by atoms with Crippen LogP contribution >= 0.6 is 11.6 Å². The summed E-state index contributed by atoms with van der Waals surface area (Å²) < 4.78 is 4.96. The van der Waals surface area contributed by atoms with Crippen LogP contribution in [-0.2, 0) is 11.3 Å². The monoisotopic (exact) mass is 293 g/mol. The maximum atomic E-state index is 11.7. The summed E-state index contributed by atoms with van der Waals surface area (Å²) in [6.07, 6.45) is 1.91. The lowest BCUT2D eigenvalue weighted by Crippen LogP contribution is -2.26. The van der Waals surface area contributed by atoms with Crippen molar-refractivity contribution in [2.75, 3.05) is 12.4 Å². The largest absolute Gasteiger partial charge is 0.445 e. The quantitative estimate of drug-likeness (QED) is 0.863. The molecule has 1 aromatic rings. The van der Waals surface area contributed by atoms with E-state index in [1.165, 1.54) is 12.2 Å². The summed E-state index contributed by atoms with van der Waals surface area (Å²) in [5, 5.41) is 2.46. The Morgan fingerprint density at radius 1 is 1.15 bits per heavy atom. The van der Waals surface area contributed by atoms with Gasteiger partial charge in [0.1, 0.15) is 6.61 Å². The zero-order valence-corrected chi connectivity index (χ0v) is 11.3. The second kappa shape index (κ2) is 6.34. The van der Waals surface area contributed by atoms with Crippen LogP contribution in [0.2, 0.25) is 0 Å². The topological polar surface area (TPSA) is 72.5 Å². The van der Waals surface area contributed by atoms with Gasteiger partial charge in [-0.1, -0.05) is 6.07 Å². The number of hydrogen-bond acceptors (Lipinski definition) is 4. The number of alkyl halides is 1. The standard InChI is InChI=1S/C14H12ClNO4/c15-5-6-16-14(19)20-8-9-1-2-10-11(7-9)13(18)4-3-12(10)17/h1-4,7H,5-6,8H2,(H,16,19). The molecule has 2 rings (SSSR count). The third kappa shape index (κ3) is 3.24. The zero-order chi connectivity index (χ0) is 14.5. The van der Waals surface area contributed by atoms with Crippen molar-refractivity contribution in [3.8, 4) is 0 Å². The number of hydrogen-bond donors (Lipinski definition) is 1. The molecule has 0 bridgehead atoms. The lowest BCUT2D eigenvalue weighted by molar-refractivity contribution is 0.0993. The smallest absolute Gasteiger partial charge is 0.407 e. The predicted octanol–water partition coefficient (Wildman–Crippen LogP) is 2.09. The van der Waals surface area contributed by atoms with Crippen LogP contribution in [0, 0.1) is 0 Å². The number of rotatable bonds is 4. The molecule has 1 amide bonds. The van der Waals surface area contributed by atoms with Crippen LogP contribution < -0.4 is 5.32 Å². The Kier molecular flexibility index (Phi) is 4.53. The average molecular weight is 294 g/mol. The SMILES string of the molecule is O=C(NCCCl)OCc1ccc2c(c1)C(=O)C=CC2=O. The summed E-state index contributed by atoms with van der Waals surface area (Å²) in [6, 6.07) is 4.78. The summed E-state index contributed by atoms with van der Waals surface area (Å²) in [5.74, 6) is -0.128. The summed E-state index contributed by atoms with van der Waals surface area (Å²) in [6.45, 7) is 0.342. The molecule has 104 valence electrons. The van der Waals surface area contributed by atoms with Gasteiger partial charge in [-0.15, -0.1) is 11.6 Å². The second-order valence-corrected chi connectivity index (χ2v) is 4.51. The minimum absolute atomic E-state index is 0.0204. The van der Waals surface area contributed by atoms with Crippen LogP contribution in [0.4, 0.5) is 4.79 Å². The van der Waals surface area contributed by atoms with Crippen LogP contribution in [0.1, 0.15) is 26.3 Å². The maximum Gasteiger partial charge on any atom is 0.407 e. The van der Waals surface area contributed by atoms with Gasteiger partial charge in [-0.05, 0) is 29.8 Å². The normalized spacial score (nSPS) is 13.1. The molecular formula is C14H12ClNO4. The Morgan fingerprint density at radius 2 is 1.85 bits per heavy atom. The van der Waals surface area contributed by atoms with Crippen molar-refractivity contribution in [2.45, 2.75) is 6.61 Å². The Balaban J connectivity index is 2.05. The molecule has 0 aliphatic heterocycles. The van der Waals surface area contributed by atoms with E-state index in [-0.39, 0.29) is 18.2 Å². The van der Waals surface area contributed by atoms with Gasteiger partial charge in [-0.3, -0.25) is 9.59 Å². The highest BCUT2D eigenvalue weighted by molar-refractivity contribution is 6.22. The van der Waals surface area contributed by atoms with Gasteiger partial charge in [-0.25, -0.2) is 4.79 Å². The molecule has 0 saturated carbocycles. The Labute approximate surface area is 120 Å². The predicted molar refractivity (Wildman–Crippen MR) is 73.2 cm³/mol. The highest BCUT2D eigenvalue weighted by atomic mass is 35.5. The Morgan fingerprint density at radius 3 is 2.55 bits per heavy atom. The first kappa shape index (κ1) is 14.3. The van der Waals surface area contributed by atoms with E-state index in [0.29, 0.717) is 29.1 Å². The van der Waals surface area contributed by atoms with E-state index in [2.05, 4.69) is 5.32 Å². The third-order valence-electron chi connectivity index (χ3n) is 2.73. The average Bonchev–Trinajstić information content (AvgIpc) is 2.47. The fourth-order valence-electron chi connectivity index (χ4n) is 1.78. The number of benzene rings is 1. The maximum absolute atomic E-state index is 11.7. The molecule has 1 aromatic carbocycles. The van der Waals surface area contributed by atoms with Crippen molar-refractivity contribution < 1.29 is 19.1 Å². The van der Waals surface area contributed by atoms with Crippen LogP contribution in [0.5, 0.6) is 0 Å². The lowest BCUT2D eigenvalue weighted by Gasteiger charge is -2.11. The number of carbonyl (C=O) groups is 3. The fraction of sp³-hybridized carbons (Fsp3) is 0.214. The molecule has 0 spiro atoms. The van der Waals surface area contributed by atoms with E-state index in [4.69, 9.17) is 16.3 Å². The second-order valence-electron chi connectivity index (χ2n) is 4.13. The number of nitrogens with one attached hydrogen (secondary N) is 1. The number of ether oxygens (including phenoxy) is 1. The zero-order valence-electron chi connectivity index (χ0n) is 10.5. The molecule has 0 saturated heterocycles. The highest BCUT2D eigenvalue weighted by Gasteiger charge is 2.19. The summed E-state index contributed by atoms with van der Waals surface area (Å²) in [7, 11) is 0. The van der Waals surface area contributed by atoms with Crippen molar-refractivity contribution >= 4 is 29.3 Å². The molecule has 20 heavy (non-hydrogen) atoms. The molecule has 0 radical (unpaired) electrons. The number of ketones is 2. The van der Waals surface area contributed by atoms with Gasteiger partial charge in [0.2, 0.25) is 0 Å². The molecule has 1 aliphatic carbocycles. The number of halogens is 1. The minimum Gasteiger partial charge on any atom is -0.445 e. The fourth-order valence-corrected chi connectivity index (χ4v) is 1.87. The first-order chi connectivity index (χ1) is 9.61. The van der Waals surface area contributed by atoms with Crippen LogP contribution in [-0.4, -0.2) is 30.1 Å². The van der Waals surface area contributed by atoms with Gasteiger partial charge < -0.3 is 10.1 Å².